The molecule has 0 saturated carbocycles. The lowest BCUT2D eigenvalue weighted by Gasteiger charge is -2.16. The van der Waals surface area contributed by atoms with Crippen molar-refractivity contribution >= 4 is 5.78 Å². The second-order valence-electron chi connectivity index (χ2n) is 5.23. The summed E-state index contributed by atoms with van der Waals surface area (Å²) < 4.78 is 1.96. The van der Waals surface area contributed by atoms with E-state index in [-0.39, 0.29) is 5.41 Å². The van der Waals surface area contributed by atoms with Crippen molar-refractivity contribution in [3.63, 3.8) is 0 Å². The molecule has 0 fully saturated rings. The van der Waals surface area contributed by atoms with Crippen LogP contribution in [0, 0.1) is 5.41 Å². The van der Waals surface area contributed by atoms with Crippen LogP contribution in [0.15, 0.2) is 12.4 Å². The van der Waals surface area contributed by atoms with E-state index >= 15 is 0 Å². The van der Waals surface area contributed by atoms with Gasteiger partial charge in [0.1, 0.15) is 11.6 Å². The minimum Gasteiger partial charge on any atom is -0.338 e. The largest absolute Gasteiger partial charge is 0.338 e. The van der Waals surface area contributed by atoms with Crippen LogP contribution in [0.1, 0.15) is 39.4 Å². The van der Waals surface area contributed by atoms with Gasteiger partial charge >= 0.3 is 0 Å². The van der Waals surface area contributed by atoms with Crippen LogP contribution >= 0.6 is 0 Å². The minimum atomic E-state index is 0.0960. The van der Waals surface area contributed by atoms with Crippen molar-refractivity contribution in [3.05, 3.63) is 18.2 Å². The van der Waals surface area contributed by atoms with E-state index in [2.05, 4.69) is 25.8 Å². The first-order valence-electron chi connectivity index (χ1n) is 5.36. The predicted molar refractivity (Wildman–Crippen MR) is 60.6 cm³/mol. The fraction of sp³-hybridized carbons (Fsp3) is 0.667. The maximum atomic E-state index is 11.6. The highest BCUT2D eigenvalue weighted by Gasteiger charge is 2.16. The van der Waals surface area contributed by atoms with Crippen LogP contribution in [0.25, 0.3) is 0 Å². The molecule has 0 amide bonds. The third-order valence-corrected chi connectivity index (χ3v) is 2.28. The van der Waals surface area contributed by atoms with E-state index in [0.717, 1.165) is 12.2 Å². The molecule has 1 aromatic heterocycles. The monoisotopic (exact) mass is 208 g/mol. The molecule has 15 heavy (non-hydrogen) atoms. The molecule has 1 rings (SSSR count). The molecule has 0 N–H and O–H groups in total. The van der Waals surface area contributed by atoms with Crippen LogP contribution in [-0.4, -0.2) is 15.3 Å². The first-order chi connectivity index (χ1) is 6.88. The minimum absolute atomic E-state index is 0.0960. The Hall–Kier alpha value is -1.12. The lowest BCUT2D eigenvalue weighted by Crippen LogP contribution is -2.14. The third-order valence-electron chi connectivity index (χ3n) is 2.28. The normalized spacial score (nSPS) is 11.7. The van der Waals surface area contributed by atoms with Crippen molar-refractivity contribution in [2.24, 2.45) is 12.5 Å². The molecule has 3 nitrogen and oxygen atoms in total. The molecule has 0 unspecified atom stereocenters. The van der Waals surface area contributed by atoms with Gasteiger partial charge in [-0.15, -0.1) is 0 Å². The number of carbonyl (C=O) groups excluding carboxylic acids is 1. The molecule has 0 aromatic carbocycles. The Bertz CT molecular complexity index is 334. The topological polar surface area (TPSA) is 34.9 Å². The van der Waals surface area contributed by atoms with E-state index in [1.165, 1.54) is 0 Å². The molecule has 0 spiro atoms. The van der Waals surface area contributed by atoms with E-state index in [4.69, 9.17) is 0 Å². The summed E-state index contributed by atoms with van der Waals surface area (Å²) in [6, 6.07) is 0. The van der Waals surface area contributed by atoms with Crippen molar-refractivity contribution < 1.29 is 4.79 Å². The van der Waals surface area contributed by atoms with Gasteiger partial charge in [0.15, 0.2) is 0 Å². The zero-order valence-electron chi connectivity index (χ0n) is 10.1. The number of rotatable bonds is 4. The molecule has 1 heterocycles. The standard InChI is InChI=1S/C12H20N2O/c1-12(2,3)9-10(15)5-6-11-13-7-8-14(11)4/h7-8H,5-6,9H2,1-4H3. The summed E-state index contributed by atoms with van der Waals surface area (Å²) in [5.74, 6) is 1.31. The van der Waals surface area contributed by atoms with Crippen molar-refractivity contribution in [2.75, 3.05) is 0 Å². The second kappa shape index (κ2) is 4.60. The van der Waals surface area contributed by atoms with Crippen LogP contribution < -0.4 is 0 Å². The Kier molecular flexibility index (Phi) is 3.66. The molecule has 3 heteroatoms. The lowest BCUT2D eigenvalue weighted by atomic mass is 9.89. The maximum absolute atomic E-state index is 11.6. The number of Topliss-reactive ketones (excluding diaryl/α,β-unsaturated/α-hetero) is 1. The van der Waals surface area contributed by atoms with Crippen molar-refractivity contribution in [1.82, 2.24) is 9.55 Å². The highest BCUT2D eigenvalue weighted by atomic mass is 16.1. The Morgan fingerprint density at radius 3 is 2.60 bits per heavy atom. The number of carbonyl (C=O) groups is 1. The van der Waals surface area contributed by atoms with E-state index < -0.39 is 0 Å². The average Bonchev–Trinajstić information content (AvgIpc) is 2.44. The Balaban J connectivity index is 2.38. The molecule has 0 radical (unpaired) electrons. The van der Waals surface area contributed by atoms with Crippen LogP contribution in [0.4, 0.5) is 0 Å². The van der Waals surface area contributed by atoms with E-state index in [0.29, 0.717) is 18.6 Å². The molecule has 0 saturated heterocycles. The molecule has 0 bridgehead atoms. The molecule has 0 aliphatic carbocycles. The SMILES string of the molecule is Cn1ccnc1CCC(=O)CC(C)(C)C. The number of aryl methyl sites for hydroxylation is 2. The van der Waals surface area contributed by atoms with Gasteiger partial charge in [0.05, 0.1) is 0 Å². The summed E-state index contributed by atoms with van der Waals surface area (Å²) in [5, 5.41) is 0. The smallest absolute Gasteiger partial charge is 0.133 e. The van der Waals surface area contributed by atoms with Gasteiger partial charge < -0.3 is 4.57 Å². The highest BCUT2D eigenvalue weighted by Crippen LogP contribution is 2.19. The van der Waals surface area contributed by atoms with E-state index in [1.54, 1.807) is 6.20 Å². The molecule has 0 aliphatic rings. The number of ketones is 1. The van der Waals surface area contributed by atoms with Gasteiger partial charge in [0.25, 0.3) is 0 Å². The number of hydrogen-bond acceptors (Lipinski definition) is 2. The van der Waals surface area contributed by atoms with Crippen LogP contribution in [-0.2, 0) is 18.3 Å². The summed E-state index contributed by atoms with van der Waals surface area (Å²) in [5.41, 5.74) is 0.0960. The molecular formula is C12H20N2O. The predicted octanol–water partition coefficient (Wildman–Crippen LogP) is 2.36. The fourth-order valence-corrected chi connectivity index (χ4v) is 1.57. The number of hydrogen-bond donors (Lipinski definition) is 0. The van der Waals surface area contributed by atoms with Gasteiger partial charge in [-0.2, -0.15) is 0 Å². The average molecular weight is 208 g/mol. The Morgan fingerprint density at radius 2 is 2.13 bits per heavy atom. The van der Waals surface area contributed by atoms with E-state index in [1.807, 2.05) is 17.8 Å². The van der Waals surface area contributed by atoms with Gasteiger partial charge in [0, 0.05) is 38.7 Å². The molecule has 84 valence electrons. The van der Waals surface area contributed by atoms with Gasteiger partial charge in [-0.3, -0.25) is 4.79 Å². The highest BCUT2D eigenvalue weighted by molar-refractivity contribution is 5.79. The van der Waals surface area contributed by atoms with Crippen LogP contribution in [0.3, 0.4) is 0 Å². The maximum Gasteiger partial charge on any atom is 0.133 e. The molecular weight excluding hydrogens is 188 g/mol. The van der Waals surface area contributed by atoms with Crippen LogP contribution in [0.5, 0.6) is 0 Å². The first-order valence-corrected chi connectivity index (χ1v) is 5.36. The zero-order chi connectivity index (χ0) is 11.5. The lowest BCUT2D eigenvalue weighted by molar-refractivity contribution is -0.120. The Labute approximate surface area is 91.5 Å². The van der Waals surface area contributed by atoms with Gasteiger partial charge in [-0.05, 0) is 5.41 Å². The molecule has 0 aliphatic heterocycles. The first kappa shape index (κ1) is 12.0. The Morgan fingerprint density at radius 1 is 1.47 bits per heavy atom. The van der Waals surface area contributed by atoms with Gasteiger partial charge in [0.2, 0.25) is 0 Å². The van der Waals surface area contributed by atoms with Gasteiger partial charge in [-0.1, -0.05) is 20.8 Å². The van der Waals surface area contributed by atoms with Crippen molar-refractivity contribution in [2.45, 2.75) is 40.0 Å². The number of aromatic nitrogens is 2. The fourth-order valence-electron chi connectivity index (χ4n) is 1.57. The summed E-state index contributed by atoms with van der Waals surface area (Å²) in [4.78, 5) is 15.8. The molecule has 0 atom stereocenters. The summed E-state index contributed by atoms with van der Waals surface area (Å²) in [6.07, 6.45) is 5.67. The third kappa shape index (κ3) is 4.28. The molecule has 1 aromatic rings. The zero-order valence-corrected chi connectivity index (χ0v) is 10.1. The quantitative estimate of drug-likeness (QED) is 0.761. The van der Waals surface area contributed by atoms with Crippen molar-refractivity contribution in [1.29, 1.82) is 0 Å². The number of nitrogens with zero attached hydrogens (tertiary/aromatic N) is 2. The van der Waals surface area contributed by atoms with Crippen LogP contribution in [0.2, 0.25) is 0 Å². The second-order valence-corrected chi connectivity index (χ2v) is 5.23. The van der Waals surface area contributed by atoms with E-state index in [9.17, 15) is 4.79 Å². The van der Waals surface area contributed by atoms with Gasteiger partial charge in [-0.25, -0.2) is 4.98 Å². The van der Waals surface area contributed by atoms with Crippen molar-refractivity contribution in [3.8, 4) is 0 Å². The summed E-state index contributed by atoms with van der Waals surface area (Å²) in [7, 11) is 1.95. The summed E-state index contributed by atoms with van der Waals surface area (Å²) in [6.45, 7) is 6.27. The number of imidazole rings is 1. The summed E-state index contributed by atoms with van der Waals surface area (Å²) >= 11 is 0.